The van der Waals surface area contributed by atoms with Gasteiger partial charge in [0, 0.05) is 17.5 Å². The number of aromatic nitrogens is 1. The SMILES string of the molecule is O=[N+]([O-])c1ccc(Oc2[nH]c3ccccc3c2F)cc1C(F)(F)F. The minimum Gasteiger partial charge on any atom is -0.438 e. The van der Waals surface area contributed by atoms with Crippen LogP contribution in [0.1, 0.15) is 5.56 Å². The van der Waals surface area contributed by atoms with E-state index in [0.717, 1.165) is 6.07 Å². The maximum Gasteiger partial charge on any atom is 0.423 e. The van der Waals surface area contributed by atoms with Crippen LogP contribution in [0.3, 0.4) is 0 Å². The van der Waals surface area contributed by atoms with Crippen LogP contribution >= 0.6 is 0 Å². The lowest BCUT2D eigenvalue weighted by atomic mass is 10.1. The van der Waals surface area contributed by atoms with E-state index in [4.69, 9.17) is 4.74 Å². The molecule has 2 aromatic carbocycles. The van der Waals surface area contributed by atoms with Gasteiger partial charge in [-0.15, -0.1) is 0 Å². The lowest BCUT2D eigenvalue weighted by Gasteiger charge is -2.10. The first kappa shape index (κ1) is 15.8. The predicted molar refractivity (Wildman–Crippen MR) is 76.4 cm³/mol. The van der Waals surface area contributed by atoms with Gasteiger partial charge in [0.1, 0.15) is 11.3 Å². The van der Waals surface area contributed by atoms with Crippen molar-refractivity contribution < 1.29 is 27.2 Å². The zero-order chi connectivity index (χ0) is 17.5. The second-order valence-electron chi connectivity index (χ2n) is 4.85. The van der Waals surface area contributed by atoms with Crippen LogP contribution < -0.4 is 4.74 Å². The average molecular weight is 340 g/mol. The van der Waals surface area contributed by atoms with E-state index in [1.165, 1.54) is 6.07 Å². The molecule has 0 radical (unpaired) electrons. The van der Waals surface area contributed by atoms with Crippen molar-refractivity contribution in [3.63, 3.8) is 0 Å². The second-order valence-corrected chi connectivity index (χ2v) is 4.85. The molecule has 0 aliphatic rings. The zero-order valence-corrected chi connectivity index (χ0v) is 11.7. The first-order valence-corrected chi connectivity index (χ1v) is 6.57. The number of nitro groups is 1. The van der Waals surface area contributed by atoms with E-state index < -0.39 is 28.2 Å². The summed E-state index contributed by atoms with van der Waals surface area (Å²) in [6.07, 6.45) is -4.94. The fraction of sp³-hybridized carbons (Fsp3) is 0.0667. The number of para-hydroxylation sites is 1. The van der Waals surface area contributed by atoms with Crippen molar-refractivity contribution in [2.45, 2.75) is 6.18 Å². The molecule has 0 saturated carbocycles. The topological polar surface area (TPSA) is 68.2 Å². The Labute approximate surface area is 131 Å². The molecule has 1 aromatic heterocycles. The number of ether oxygens (including phenoxy) is 1. The number of benzene rings is 2. The summed E-state index contributed by atoms with van der Waals surface area (Å²) >= 11 is 0. The number of hydrogen-bond acceptors (Lipinski definition) is 3. The molecule has 3 rings (SSSR count). The minimum atomic E-state index is -4.94. The van der Waals surface area contributed by atoms with E-state index in [1.54, 1.807) is 18.2 Å². The van der Waals surface area contributed by atoms with Crippen LogP contribution in [0.4, 0.5) is 23.2 Å². The Morgan fingerprint density at radius 1 is 1.12 bits per heavy atom. The lowest BCUT2D eigenvalue weighted by Crippen LogP contribution is -2.09. The normalized spacial score (nSPS) is 11.7. The van der Waals surface area contributed by atoms with Gasteiger partial charge >= 0.3 is 6.18 Å². The van der Waals surface area contributed by atoms with Gasteiger partial charge in [-0.25, -0.2) is 4.39 Å². The van der Waals surface area contributed by atoms with E-state index in [9.17, 15) is 27.7 Å². The summed E-state index contributed by atoms with van der Waals surface area (Å²) in [5.74, 6) is -1.52. The molecule has 0 bridgehead atoms. The highest BCUT2D eigenvalue weighted by Gasteiger charge is 2.38. The number of aromatic amines is 1. The Morgan fingerprint density at radius 3 is 2.46 bits per heavy atom. The first-order valence-electron chi connectivity index (χ1n) is 6.57. The summed E-state index contributed by atoms with van der Waals surface area (Å²) in [7, 11) is 0. The average Bonchev–Trinajstić information content (AvgIpc) is 2.83. The molecule has 0 unspecified atom stereocenters. The van der Waals surface area contributed by atoms with Crippen LogP contribution in [0, 0.1) is 15.9 Å². The molecule has 0 spiro atoms. The highest BCUT2D eigenvalue weighted by molar-refractivity contribution is 5.82. The van der Waals surface area contributed by atoms with Gasteiger partial charge in [-0.3, -0.25) is 10.1 Å². The zero-order valence-electron chi connectivity index (χ0n) is 11.7. The molecule has 24 heavy (non-hydrogen) atoms. The number of fused-ring (bicyclic) bond motifs is 1. The summed E-state index contributed by atoms with van der Waals surface area (Å²) in [4.78, 5) is 12.2. The molecule has 9 heteroatoms. The third kappa shape index (κ3) is 2.75. The Morgan fingerprint density at radius 2 is 1.83 bits per heavy atom. The Kier molecular flexibility index (Phi) is 3.63. The molecule has 1 N–H and O–H groups in total. The number of alkyl halides is 3. The van der Waals surface area contributed by atoms with Gasteiger partial charge in [-0.2, -0.15) is 13.2 Å². The summed E-state index contributed by atoms with van der Waals surface area (Å²) in [6, 6.07) is 8.39. The monoisotopic (exact) mass is 340 g/mol. The number of hydrogen-bond donors (Lipinski definition) is 1. The fourth-order valence-corrected chi connectivity index (χ4v) is 2.24. The van der Waals surface area contributed by atoms with Gasteiger partial charge in [-0.1, -0.05) is 12.1 Å². The van der Waals surface area contributed by atoms with Crippen molar-refractivity contribution in [1.29, 1.82) is 0 Å². The minimum absolute atomic E-state index is 0.213. The summed E-state index contributed by atoms with van der Waals surface area (Å²) < 4.78 is 58.1. The van der Waals surface area contributed by atoms with Crippen LogP contribution in [0.2, 0.25) is 0 Å². The molecular formula is C15H8F4N2O3. The molecule has 0 atom stereocenters. The number of rotatable bonds is 3. The van der Waals surface area contributed by atoms with Gasteiger partial charge in [0.05, 0.1) is 10.4 Å². The molecule has 3 aromatic rings. The summed E-state index contributed by atoms with van der Waals surface area (Å²) in [6.45, 7) is 0. The number of nitrogens with zero attached hydrogens (tertiary/aromatic N) is 1. The molecule has 0 saturated heterocycles. The Bertz CT molecular complexity index is 934. The quantitative estimate of drug-likeness (QED) is 0.413. The predicted octanol–water partition coefficient (Wildman–Crippen LogP) is 5.03. The van der Waals surface area contributed by atoms with Gasteiger partial charge in [0.25, 0.3) is 5.69 Å². The number of halogens is 4. The standard InChI is InChI=1S/C15H8F4N2O3/c16-13-9-3-1-2-4-11(9)20-14(13)24-8-5-6-12(21(22)23)10(7-8)15(17,18)19/h1-7,20H. The van der Waals surface area contributed by atoms with Gasteiger partial charge in [0.15, 0.2) is 5.82 Å². The van der Waals surface area contributed by atoms with E-state index >= 15 is 0 Å². The molecule has 1 heterocycles. The first-order chi connectivity index (χ1) is 11.3. The maximum atomic E-state index is 14.2. The van der Waals surface area contributed by atoms with Crippen LogP contribution in [0.25, 0.3) is 10.9 Å². The molecule has 0 fully saturated rings. The fourth-order valence-electron chi connectivity index (χ4n) is 2.24. The molecule has 0 aliphatic carbocycles. The molecular weight excluding hydrogens is 332 g/mol. The van der Waals surface area contributed by atoms with Crippen molar-refractivity contribution in [2.24, 2.45) is 0 Å². The van der Waals surface area contributed by atoms with Crippen molar-refractivity contribution in [3.8, 4) is 11.6 Å². The highest BCUT2D eigenvalue weighted by atomic mass is 19.4. The molecule has 124 valence electrons. The maximum absolute atomic E-state index is 14.2. The highest BCUT2D eigenvalue weighted by Crippen LogP contribution is 2.39. The van der Waals surface area contributed by atoms with Gasteiger partial charge < -0.3 is 9.72 Å². The Hall–Kier alpha value is -3.10. The van der Waals surface area contributed by atoms with E-state index in [0.29, 0.717) is 17.6 Å². The number of nitro benzene ring substituents is 1. The molecule has 0 amide bonds. The largest absolute Gasteiger partial charge is 0.438 e. The van der Waals surface area contributed by atoms with E-state index in [1.807, 2.05) is 0 Å². The van der Waals surface area contributed by atoms with Crippen LogP contribution in [-0.4, -0.2) is 9.91 Å². The number of H-pyrrole nitrogens is 1. The van der Waals surface area contributed by atoms with Crippen molar-refractivity contribution >= 4 is 16.6 Å². The van der Waals surface area contributed by atoms with Crippen molar-refractivity contribution in [1.82, 2.24) is 4.98 Å². The summed E-state index contributed by atoms with van der Waals surface area (Å²) in [5.41, 5.74) is -2.17. The molecule has 0 aliphatic heterocycles. The smallest absolute Gasteiger partial charge is 0.423 e. The van der Waals surface area contributed by atoms with Crippen molar-refractivity contribution in [3.05, 3.63) is 64.0 Å². The Balaban J connectivity index is 2.03. The van der Waals surface area contributed by atoms with Crippen LogP contribution in [0.15, 0.2) is 42.5 Å². The third-order valence-corrected chi connectivity index (χ3v) is 3.30. The third-order valence-electron chi connectivity index (χ3n) is 3.30. The number of nitrogens with one attached hydrogen (secondary N) is 1. The lowest BCUT2D eigenvalue weighted by molar-refractivity contribution is -0.388. The van der Waals surface area contributed by atoms with Gasteiger partial charge in [0.2, 0.25) is 5.88 Å². The van der Waals surface area contributed by atoms with Crippen LogP contribution in [0.5, 0.6) is 11.6 Å². The van der Waals surface area contributed by atoms with E-state index in [-0.39, 0.29) is 17.0 Å². The van der Waals surface area contributed by atoms with Crippen molar-refractivity contribution in [2.75, 3.05) is 0 Å². The second kappa shape index (κ2) is 5.52. The van der Waals surface area contributed by atoms with E-state index in [2.05, 4.69) is 4.98 Å². The molecule has 5 nitrogen and oxygen atoms in total. The van der Waals surface area contributed by atoms with Crippen LogP contribution in [-0.2, 0) is 6.18 Å². The summed E-state index contributed by atoms with van der Waals surface area (Å²) in [5, 5.41) is 10.9. The van der Waals surface area contributed by atoms with Gasteiger partial charge in [-0.05, 0) is 18.2 Å².